The maximum atomic E-state index is 13.0. The van der Waals surface area contributed by atoms with E-state index in [2.05, 4.69) is 10.3 Å². The van der Waals surface area contributed by atoms with Crippen LogP contribution in [0, 0.1) is 6.92 Å². The molecule has 0 spiro atoms. The van der Waals surface area contributed by atoms with Gasteiger partial charge < -0.3 is 10.1 Å². The molecule has 3 aromatic rings. The maximum Gasteiger partial charge on any atom is 0.257 e. The van der Waals surface area contributed by atoms with Gasteiger partial charge in [0, 0.05) is 31.8 Å². The number of benzene rings is 2. The minimum Gasteiger partial charge on any atom is -0.378 e. The average Bonchev–Trinajstić information content (AvgIpc) is 2.75. The largest absolute Gasteiger partial charge is 0.378 e. The summed E-state index contributed by atoms with van der Waals surface area (Å²) < 4.78 is 6.77. The van der Waals surface area contributed by atoms with Crippen LogP contribution in [0.4, 0.5) is 5.69 Å². The van der Waals surface area contributed by atoms with Gasteiger partial charge in [0.25, 0.3) is 5.56 Å². The highest BCUT2D eigenvalue weighted by Gasteiger charge is 2.16. The molecule has 0 fully saturated rings. The Kier molecular flexibility index (Phi) is 7.43. The van der Waals surface area contributed by atoms with E-state index in [0.717, 1.165) is 16.8 Å². The van der Waals surface area contributed by atoms with E-state index in [0.29, 0.717) is 22.8 Å². The van der Waals surface area contributed by atoms with Gasteiger partial charge in [-0.05, 0) is 24.6 Å². The monoisotopic (exact) mass is 423 g/mol. The number of hydrogen-bond acceptors (Lipinski definition) is 5. The molecular weight excluding hydrogens is 398 g/mol. The van der Waals surface area contributed by atoms with E-state index in [4.69, 9.17) is 4.74 Å². The molecule has 1 N–H and O–H groups in total. The molecule has 0 aliphatic heterocycles. The molecular formula is C23H25N3O3S. The Bertz CT molecular complexity index is 1060. The van der Waals surface area contributed by atoms with Gasteiger partial charge in [0.1, 0.15) is 0 Å². The van der Waals surface area contributed by atoms with Gasteiger partial charge in [0.05, 0.1) is 18.1 Å². The zero-order valence-corrected chi connectivity index (χ0v) is 18.2. The molecule has 30 heavy (non-hydrogen) atoms. The Hall–Kier alpha value is -2.90. The predicted molar refractivity (Wildman–Crippen MR) is 120 cm³/mol. The minimum atomic E-state index is -0.153. The molecule has 1 amide bonds. The second-order valence-corrected chi connectivity index (χ2v) is 7.92. The third-order valence-electron chi connectivity index (χ3n) is 4.60. The van der Waals surface area contributed by atoms with Gasteiger partial charge in [0.15, 0.2) is 5.16 Å². The normalized spacial score (nSPS) is 10.8. The molecule has 0 radical (unpaired) electrons. The number of hydrogen-bond donors (Lipinski definition) is 1. The van der Waals surface area contributed by atoms with Gasteiger partial charge in [-0.1, -0.05) is 59.8 Å². The number of methoxy groups -OCH3 is 1. The van der Waals surface area contributed by atoms with Crippen molar-refractivity contribution < 1.29 is 9.53 Å². The maximum absolute atomic E-state index is 13.0. The van der Waals surface area contributed by atoms with Gasteiger partial charge in [0.2, 0.25) is 5.91 Å². The van der Waals surface area contributed by atoms with E-state index in [1.807, 2.05) is 61.5 Å². The van der Waals surface area contributed by atoms with E-state index in [9.17, 15) is 9.59 Å². The number of carbonyl (C=O) groups is 1. The van der Waals surface area contributed by atoms with Crippen LogP contribution in [0.3, 0.4) is 0 Å². The van der Waals surface area contributed by atoms with Crippen molar-refractivity contribution in [3.8, 4) is 0 Å². The highest BCUT2D eigenvalue weighted by molar-refractivity contribution is 7.99. The lowest BCUT2D eigenvalue weighted by Gasteiger charge is -2.14. The fourth-order valence-electron chi connectivity index (χ4n) is 3.00. The molecule has 7 heteroatoms. The van der Waals surface area contributed by atoms with Crippen molar-refractivity contribution in [2.75, 3.05) is 18.2 Å². The number of thioether (sulfide) groups is 1. The summed E-state index contributed by atoms with van der Waals surface area (Å²) in [5.41, 5.74) is 3.99. The smallest absolute Gasteiger partial charge is 0.257 e. The standard InChI is InChI=1S/C23H25N3O3S/c1-16-9-11-18(12-10-16)24-21(27)15-30-23-25-20(14-29-3)19(22(28)26(23)2)13-17-7-5-4-6-8-17/h4-12H,13-15H2,1-3H3,(H,24,27). The van der Waals surface area contributed by atoms with Gasteiger partial charge in [-0.3, -0.25) is 14.2 Å². The first-order chi connectivity index (χ1) is 14.5. The Morgan fingerprint density at radius 3 is 2.50 bits per heavy atom. The van der Waals surface area contributed by atoms with Crippen molar-refractivity contribution in [3.63, 3.8) is 0 Å². The van der Waals surface area contributed by atoms with Crippen LogP contribution in [0.15, 0.2) is 64.5 Å². The summed E-state index contributed by atoms with van der Waals surface area (Å²) in [5, 5.41) is 3.35. The van der Waals surface area contributed by atoms with E-state index >= 15 is 0 Å². The summed E-state index contributed by atoms with van der Waals surface area (Å²) in [5.74, 6) is -0.00160. The van der Waals surface area contributed by atoms with Crippen LogP contribution in [0.1, 0.15) is 22.4 Å². The van der Waals surface area contributed by atoms with E-state index in [1.165, 1.54) is 16.3 Å². The van der Waals surface area contributed by atoms with Crippen LogP contribution in [0.25, 0.3) is 0 Å². The molecule has 0 aliphatic carbocycles. The zero-order valence-electron chi connectivity index (χ0n) is 17.3. The number of amides is 1. The number of aryl methyl sites for hydroxylation is 1. The molecule has 0 bridgehead atoms. The molecule has 6 nitrogen and oxygen atoms in total. The lowest BCUT2D eigenvalue weighted by molar-refractivity contribution is -0.113. The molecule has 1 aromatic heterocycles. The number of ether oxygens (including phenoxy) is 1. The first kappa shape index (κ1) is 21.8. The Morgan fingerprint density at radius 2 is 1.83 bits per heavy atom. The van der Waals surface area contributed by atoms with Crippen molar-refractivity contribution >= 4 is 23.4 Å². The highest BCUT2D eigenvalue weighted by atomic mass is 32.2. The summed E-state index contributed by atoms with van der Waals surface area (Å²) in [6.45, 7) is 2.23. The van der Waals surface area contributed by atoms with Crippen LogP contribution >= 0.6 is 11.8 Å². The van der Waals surface area contributed by atoms with Crippen molar-refractivity contribution in [3.05, 3.63) is 87.3 Å². The molecule has 0 atom stereocenters. The number of anilines is 1. The highest BCUT2D eigenvalue weighted by Crippen LogP contribution is 2.18. The molecule has 2 aromatic carbocycles. The molecule has 156 valence electrons. The summed E-state index contributed by atoms with van der Waals surface area (Å²) in [7, 11) is 3.26. The Morgan fingerprint density at radius 1 is 1.13 bits per heavy atom. The van der Waals surface area contributed by atoms with E-state index < -0.39 is 0 Å². The number of carbonyl (C=O) groups excluding carboxylic acids is 1. The summed E-state index contributed by atoms with van der Waals surface area (Å²) in [4.78, 5) is 30.0. The summed E-state index contributed by atoms with van der Waals surface area (Å²) >= 11 is 1.23. The van der Waals surface area contributed by atoms with Gasteiger partial charge >= 0.3 is 0 Å². The van der Waals surface area contributed by atoms with Crippen LogP contribution in [-0.4, -0.2) is 28.3 Å². The average molecular weight is 424 g/mol. The quantitative estimate of drug-likeness (QED) is 0.443. The lowest BCUT2D eigenvalue weighted by Crippen LogP contribution is -2.27. The zero-order chi connectivity index (χ0) is 21.5. The first-order valence-corrected chi connectivity index (χ1v) is 10.6. The summed E-state index contributed by atoms with van der Waals surface area (Å²) in [6.07, 6.45) is 0.484. The fraction of sp³-hybridized carbons (Fsp3) is 0.261. The number of rotatable bonds is 8. The predicted octanol–water partition coefficient (Wildman–Crippen LogP) is 3.56. The third kappa shape index (κ3) is 5.58. The number of aromatic nitrogens is 2. The molecule has 0 saturated heterocycles. The van der Waals surface area contributed by atoms with E-state index in [1.54, 1.807) is 14.2 Å². The third-order valence-corrected chi connectivity index (χ3v) is 5.63. The molecule has 0 saturated carbocycles. The molecule has 1 heterocycles. The van der Waals surface area contributed by atoms with Crippen LogP contribution < -0.4 is 10.9 Å². The topological polar surface area (TPSA) is 73.2 Å². The minimum absolute atomic E-state index is 0.123. The second kappa shape index (κ2) is 10.2. The van der Waals surface area contributed by atoms with Crippen LogP contribution in [0.5, 0.6) is 0 Å². The van der Waals surface area contributed by atoms with Gasteiger partial charge in [-0.25, -0.2) is 4.98 Å². The summed E-state index contributed by atoms with van der Waals surface area (Å²) in [6, 6.07) is 17.4. The Labute approximate surface area is 180 Å². The first-order valence-electron chi connectivity index (χ1n) is 9.59. The Balaban J connectivity index is 1.77. The second-order valence-electron chi connectivity index (χ2n) is 6.98. The van der Waals surface area contributed by atoms with Crippen molar-refractivity contribution in [2.45, 2.75) is 25.1 Å². The number of nitrogens with one attached hydrogen (secondary N) is 1. The van der Waals surface area contributed by atoms with Crippen molar-refractivity contribution in [1.29, 1.82) is 0 Å². The van der Waals surface area contributed by atoms with Crippen molar-refractivity contribution in [1.82, 2.24) is 9.55 Å². The van der Waals surface area contributed by atoms with E-state index in [-0.39, 0.29) is 23.8 Å². The fourth-order valence-corrected chi connectivity index (χ4v) is 3.78. The molecule has 3 rings (SSSR count). The molecule has 0 aliphatic rings. The SMILES string of the molecule is COCc1nc(SCC(=O)Nc2ccc(C)cc2)n(C)c(=O)c1Cc1ccccc1. The number of nitrogens with zero attached hydrogens (tertiary/aromatic N) is 2. The van der Waals surface area contributed by atoms with Crippen LogP contribution in [-0.2, 0) is 29.6 Å². The molecule has 0 unspecified atom stereocenters. The van der Waals surface area contributed by atoms with Gasteiger partial charge in [-0.15, -0.1) is 0 Å². The lowest BCUT2D eigenvalue weighted by atomic mass is 10.0. The van der Waals surface area contributed by atoms with Crippen LogP contribution in [0.2, 0.25) is 0 Å². The van der Waals surface area contributed by atoms with Gasteiger partial charge in [-0.2, -0.15) is 0 Å². The van der Waals surface area contributed by atoms with Crippen molar-refractivity contribution in [2.24, 2.45) is 7.05 Å².